The lowest BCUT2D eigenvalue weighted by molar-refractivity contribution is 0.294. The molecule has 0 atom stereocenters. The van der Waals surface area contributed by atoms with Gasteiger partial charge in [0, 0.05) is 6.20 Å². The average Bonchev–Trinajstić information content (AvgIpc) is 2.29. The van der Waals surface area contributed by atoms with Crippen molar-refractivity contribution in [2.75, 3.05) is 0 Å². The average molecular weight is 203 g/mol. The number of benzene rings is 1. The summed E-state index contributed by atoms with van der Waals surface area (Å²) in [4.78, 5) is 3.89. The molecule has 15 heavy (non-hydrogen) atoms. The van der Waals surface area contributed by atoms with E-state index in [1.54, 1.807) is 12.3 Å². The molecule has 2 aromatic rings. The molecule has 3 heteroatoms. The summed E-state index contributed by atoms with van der Waals surface area (Å²) < 4.78 is 18.5. The molecule has 0 radical (unpaired) electrons. The molecule has 0 fully saturated rings. The Balaban J connectivity index is 2.03. The Kier molecular flexibility index (Phi) is 2.93. The molecule has 76 valence electrons. The van der Waals surface area contributed by atoms with Gasteiger partial charge in [0.05, 0.1) is 0 Å². The first kappa shape index (κ1) is 9.65. The Labute approximate surface area is 87.4 Å². The quantitative estimate of drug-likeness (QED) is 0.765. The molecule has 1 aromatic heterocycles. The maximum absolute atomic E-state index is 13.1. The maximum atomic E-state index is 13.1. The van der Waals surface area contributed by atoms with E-state index in [4.69, 9.17) is 4.74 Å². The van der Waals surface area contributed by atoms with Crippen LogP contribution in [-0.4, -0.2) is 4.98 Å². The van der Waals surface area contributed by atoms with Crippen LogP contribution in [0.5, 0.6) is 5.75 Å². The van der Waals surface area contributed by atoms with Gasteiger partial charge < -0.3 is 4.74 Å². The van der Waals surface area contributed by atoms with Crippen molar-refractivity contribution in [1.82, 2.24) is 4.98 Å². The first-order chi connectivity index (χ1) is 7.36. The van der Waals surface area contributed by atoms with E-state index in [-0.39, 0.29) is 12.4 Å². The summed E-state index contributed by atoms with van der Waals surface area (Å²) in [5, 5.41) is 0. The number of para-hydroxylation sites is 1. The van der Waals surface area contributed by atoms with Gasteiger partial charge in [-0.3, -0.25) is 4.98 Å². The van der Waals surface area contributed by atoms with E-state index >= 15 is 0 Å². The highest BCUT2D eigenvalue weighted by atomic mass is 19.1. The minimum absolute atomic E-state index is 0.149. The van der Waals surface area contributed by atoms with E-state index in [1.807, 2.05) is 30.3 Å². The number of rotatable bonds is 3. The van der Waals surface area contributed by atoms with E-state index < -0.39 is 0 Å². The second-order valence-corrected chi connectivity index (χ2v) is 3.03. The van der Waals surface area contributed by atoms with Crippen LogP contribution in [0.15, 0.2) is 48.7 Å². The first-order valence-electron chi connectivity index (χ1n) is 4.63. The summed E-state index contributed by atoms with van der Waals surface area (Å²) in [5.41, 5.74) is 0.321. The van der Waals surface area contributed by atoms with Gasteiger partial charge in [-0.1, -0.05) is 18.2 Å². The van der Waals surface area contributed by atoms with Gasteiger partial charge in [-0.2, -0.15) is 0 Å². The number of nitrogens with zero attached hydrogens (tertiary/aromatic N) is 1. The van der Waals surface area contributed by atoms with Crippen LogP contribution in [0, 0.1) is 5.82 Å². The third kappa shape index (κ3) is 2.53. The third-order valence-corrected chi connectivity index (χ3v) is 1.95. The third-order valence-electron chi connectivity index (χ3n) is 1.95. The second kappa shape index (κ2) is 4.55. The highest BCUT2D eigenvalue weighted by Crippen LogP contribution is 2.11. The maximum Gasteiger partial charge on any atom is 0.148 e. The Bertz CT molecular complexity index is 431. The highest BCUT2D eigenvalue weighted by Gasteiger charge is 2.02. The van der Waals surface area contributed by atoms with Crippen LogP contribution in [0.3, 0.4) is 0 Å². The summed E-state index contributed by atoms with van der Waals surface area (Å²) >= 11 is 0. The molecular weight excluding hydrogens is 193 g/mol. The van der Waals surface area contributed by atoms with Crippen LogP contribution in [0.2, 0.25) is 0 Å². The van der Waals surface area contributed by atoms with E-state index in [9.17, 15) is 4.39 Å². The van der Waals surface area contributed by atoms with Crippen LogP contribution in [-0.2, 0) is 6.61 Å². The van der Waals surface area contributed by atoms with Crippen LogP contribution in [0.4, 0.5) is 4.39 Å². The molecule has 0 amide bonds. The lowest BCUT2D eigenvalue weighted by atomic mass is 10.3. The molecule has 0 saturated heterocycles. The fourth-order valence-corrected chi connectivity index (χ4v) is 1.19. The molecule has 2 nitrogen and oxygen atoms in total. The second-order valence-electron chi connectivity index (χ2n) is 3.03. The molecule has 0 spiro atoms. The van der Waals surface area contributed by atoms with Gasteiger partial charge in [0.25, 0.3) is 0 Å². The lowest BCUT2D eigenvalue weighted by Gasteiger charge is -2.05. The van der Waals surface area contributed by atoms with Crippen LogP contribution < -0.4 is 4.74 Å². The van der Waals surface area contributed by atoms with E-state index in [0.29, 0.717) is 11.4 Å². The normalized spacial score (nSPS) is 9.93. The molecule has 0 bridgehead atoms. The number of aromatic nitrogens is 1. The Morgan fingerprint density at radius 3 is 2.60 bits per heavy atom. The topological polar surface area (TPSA) is 22.1 Å². The van der Waals surface area contributed by atoms with E-state index in [1.165, 1.54) is 6.07 Å². The van der Waals surface area contributed by atoms with Gasteiger partial charge >= 0.3 is 0 Å². The minimum atomic E-state index is -0.339. The SMILES string of the molecule is Fc1cccnc1COc1ccccc1. The van der Waals surface area contributed by atoms with Crippen molar-refractivity contribution in [1.29, 1.82) is 0 Å². The smallest absolute Gasteiger partial charge is 0.148 e. The predicted molar refractivity (Wildman–Crippen MR) is 55.0 cm³/mol. The van der Waals surface area contributed by atoms with Crippen molar-refractivity contribution in [2.45, 2.75) is 6.61 Å². The summed E-state index contributed by atoms with van der Waals surface area (Å²) in [6, 6.07) is 12.2. The largest absolute Gasteiger partial charge is 0.487 e. The van der Waals surface area contributed by atoms with Crippen molar-refractivity contribution in [3.05, 3.63) is 60.2 Å². The minimum Gasteiger partial charge on any atom is -0.487 e. The summed E-state index contributed by atoms with van der Waals surface area (Å²) in [6.07, 6.45) is 1.55. The molecule has 1 aromatic carbocycles. The van der Waals surface area contributed by atoms with Gasteiger partial charge in [-0.25, -0.2) is 4.39 Å². The van der Waals surface area contributed by atoms with Crippen LogP contribution in [0.25, 0.3) is 0 Å². The van der Waals surface area contributed by atoms with Crippen molar-refractivity contribution < 1.29 is 9.13 Å². The van der Waals surface area contributed by atoms with Gasteiger partial charge in [-0.15, -0.1) is 0 Å². The lowest BCUT2D eigenvalue weighted by Crippen LogP contribution is -2.00. The van der Waals surface area contributed by atoms with Gasteiger partial charge in [0.15, 0.2) is 0 Å². The first-order valence-corrected chi connectivity index (χ1v) is 4.63. The molecule has 0 aliphatic carbocycles. The standard InChI is InChI=1S/C12H10FNO/c13-11-7-4-8-14-12(11)9-15-10-5-2-1-3-6-10/h1-8H,9H2. The Hall–Kier alpha value is -1.90. The van der Waals surface area contributed by atoms with Gasteiger partial charge in [0.2, 0.25) is 0 Å². The zero-order chi connectivity index (χ0) is 10.5. The zero-order valence-corrected chi connectivity index (χ0v) is 8.06. The summed E-state index contributed by atoms with van der Waals surface area (Å²) in [5.74, 6) is 0.371. The van der Waals surface area contributed by atoms with Gasteiger partial charge in [0.1, 0.15) is 23.9 Å². The molecule has 0 N–H and O–H groups in total. The molecular formula is C12H10FNO. The monoisotopic (exact) mass is 203 g/mol. The number of pyridine rings is 1. The van der Waals surface area contributed by atoms with E-state index in [2.05, 4.69) is 4.98 Å². The van der Waals surface area contributed by atoms with Crippen molar-refractivity contribution >= 4 is 0 Å². The van der Waals surface area contributed by atoms with Crippen LogP contribution >= 0.6 is 0 Å². The molecule has 1 heterocycles. The van der Waals surface area contributed by atoms with Gasteiger partial charge in [-0.05, 0) is 24.3 Å². The molecule has 0 unspecified atom stereocenters. The molecule has 0 aliphatic heterocycles. The van der Waals surface area contributed by atoms with E-state index in [0.717, 1.165) is 0 Å². The summed E-state index contributed by atoms with van der Waals surface area (Å²) in [7, 11) is 0. The number of ether oxygens (including phenoxy) is 1. The fraction of sp³-hybridized carbons (Fsp3) is 0.0833. The number of hydrogen-bond acceptors (Lipinski definition) is 2. The highest BCUT2D eigenvalue weighted by molar-refractivity contribution is 5.21. The molecule has 2 rings (SSSR count). The van der Waals surface area contributed by atoms with Crippen LogP contribution in [0.1, 0.15) is 5.69 Å². The molecule has 0 aliphatic rings. The van der Waals surface area contributed by atoms with Crippen molar-refractivity contribution in [3.8, 4) is 5.75 Å². The predicted octanol–water partition coefficient (Wildman–Crippen LogP) is 2.80. The fourth-order valence-electron chi connectivity index (χ4n) is 1.19. The Morgan fingerprint density at radius 2 is 1.87 bits per heavy atom. The molecule has 0 saturated carbocycles. The summed E-state index contributed by atoms with van der Waals surface area (Å²) in [6.45, 7) is 0.149. The Morgan fingerprint density at radius 1 is 1.07 bits per heavy atom. The number of hydrogen-bond donors (Lipinski definition) is 0. The number of halogens is 1. The van der Waals surface area contributed by atoms with Crippen molar-refractivity contribution in [2.24, 2.45) is 0 Å². The van der Waals surface area contributed by atoms with Crippen molar-refractivity contribution in [3.63, 3.8) is 0 Å². The zero-order valence-electron chi connectivity index (χ0n) is 8.06.